The van der Waals surface area contributed by atoms with Gasteiger partial charge in [-0.2, -0.15) is 0 Å². The molecule has 3 aliphatic rings. The van der Waals surface area contributed by atoms with Crippen LogP contribution < -0.4 is 0 Å². The molecule has 0 spiro atoms. The van der Waals surface area contributed by atoms with Crippen molar-refractivity contribution in [2.24, 2.45) is 11.3 Å². The molecule has 94 valence electrons. The molecule has 3 fully saturated rings. The fourth-order valence-corrected chi connectivity index (χ4v) is 4.13. The zero-order chi connectivity index (χ0) is 12.2. The topological polar surface area (TPSA) is 37.4 Å². The van der Waals surface area contributed by atoms with Gasteiger partial charge in [0.1, 0.15) is 11.6 Å². The van der Waals surface area contributed by atoms with Gasteiger partial charge in [0.15, 0.2) is 0 Å². The highest BCUT2D eigenvalue weighted by Gasteiger charge is 2.51. The van der Waals surface area contributed by atoms with Crippen LogP contribution in [-0.2, 0) is 9.59 Å². The third-order valence-electron chi connectivity index (χ3n) is 4.78. The van der Waals surface area contributed by atoms with Crippen LogP contribution in [0.3, 0.4) is 0 Å². The van der Waals surface area contributed by atoms with Gasteiger partial charge in [0.25, 0.3) is 0 Å². The predicted octanol–water partition coefficient (Wildman–Crippen LogP) is 1.80. The lowest BCUT2D eigenvalue weighted by Gasteiger charge is -2.48. The average molecular weight is 235 g/mol. The summed E-state index contributed by atoms with van der Waals surface area (Å²) in [5, 5.41) is 0. The van der Waals surface area contributed by atoms with Crippen LogP contribution in [0.2, 0.25) is 0 Å². The average Bonchev–Trinajstić information content (AvgIpc) is 2.62. The maximum atomic E-state index is 12.2. The molecular formula is C14H21NO2. The second-order valence-corrected chi connectivity index (χ2v) is 6.76. The minimum Gasteiger partial charge on any atom is -0.299 e. The van der Waals surface area contributed by atoms with Crippen molar-refractivity contribution in [3.63, 3.8) is 0 Å². The molecule has 1 saturated carbocycles. The van der Waals surface area contributed by atoms with Crippen molar-refractivity contribution < 1.29 is 9.59 Å². The summed E-state index contributed by atoms with van der Waals surface area (Å²) in [7, 11) is 0. The van der Waals surface area contributed by atoms with Crippen LogP contribution >= 0.6 is 0 Å². The molecule has 3 nitrogen and oxygen atoms in total. The van der Waals surface area contributed by atoms with Gasteiger partial charge < -0.3 is 0 Å². The highest BCUT2D eigenvalue weighted by Crippen LogP contribution is 2.44. The van der Waals surface area contributed by atoms with E-state index in [0.717, 1.165) is 19.4 Å². The third kappa shape index (κ3) is 1.75. The van der Waals surface area contributed by atoms with Crippen molar-refractivity contribution in [2.45, 2.75) is 58.0 Å². The van der Waals surface area contributed by atoms with E-state index in [9.17, 15) is 9.59 Å². The zero-order valence-corrected chi connectivity index (χ0v) is 10.7. The molecule has 2 aliphatic heterocycles. The Hall–Kier alpha value is -0.700. The molecule has 17 heavy (non-hydrogen) atoms. The monoisotopic (exact) mass is 235 g/mol. The standard InChI is InChI=1S/C14H21NO2/c1-14(2)7-10-13(12(17)8-14)11(16)6-9-4-3-5-15(9)10/h9-10,13H,3-8H2,1-2H3. The van der Waals surface area contributed by atoms with E-state index in [1.165, 1.54) is 6.42 Å². The maximum absolute atomic E-state index is 12.2. The van der Waals surface area contributed by atoms with Crippen molar-refractivity contribution in [2.75, 3.05) is 6.54 Å². The number of ketones is 2. The van der Waals surface area contributed by atoms with Crippen LogP contribution in [0, 0.1) is 11.3 Å². The quantitative estimate of drug-likeness (QED) is 0.601. The van der Waals surface area contributed by atoms with Gasteiger partial charge in [-0.3, -0.25) is 14.5 Å². The van der Waals surface area contributed by atoms with Gasteiger partial charge in [0.05, 0.1) is 5.92 Å². The van der Waals surface area contributed by atoms with Crippen molar-refractivity contribution in [1.29, 1.82) is 0 Å². The Labute approximate surface area is 103 Å². The summed E-state index contributed by atoms with van der Waals surface area (Å²) < 4.78 is 0. The van der Waals surface area contributed by atoms with E-state index in [-0.39, 0.29) is 28.9 Å². The van der Waals surface area contributed by atoms with Crippen LogP contribution in [0.5, 0.6) is 0 Å². The number of carbonyl (C=O) groups excluding carboxylic acids is 2. The lowest BCUT2D eigenvalue weighted by Crippen LogP contribution is -2.58. The number of carbonyl (C=O) groups is 2. The Balaban J connectivity index is 1.93. The van der Waals surface area contributed by atoms with E-state index in [0.29, 0.717) is 18.9 Å². The van der Waals surface area contributed by atoms with Gasteiger partial charge in [-0.15, -0.1) is 0 Å². The van der Waals surface area contributed by atoms with Crippen molar-refractivity contribution in [3.8, 4) is 0 Å². The summed E-state index contributed by atoms with van der Waals surface area (Å²) in [6, 6.07) is 0.644. The number of Topliss-reactive ketones (excluding diaryl/α,β-unsaturated/α-hetero) is 2. The van der Waals surface area contributed by atoms with Gasteiger partial charge in [0, 0.05) is 24.9 Å². The highest BCUT2D eigenvalue weighted by molar-refractivity contribution is 6.04. The van der Waals surface area contributed by atoms with Crippen molar-refractivity contribution >= 4 is 11.6 Å². The zero-order valence-electron chi connectivity index (χ0n) is 10.7. The molecule has 2 saturated heterocycles. The molecule has 3 unspecified atom stereocenters. The smallest absolute Gasteiger partial charge is 0.146 e. The Morgan fingerprint density at radius 2 is 2.00 bits per heavy atom. The summed E-state index contributed by atoms with van der Waals surface area (Å²) in [5.74, 6) is 0.123. The molecule has 3 rings (SSSR count). The second-order valence-electron chi connectivity index (χ2n) is 6.76. The minimum atomic E-state index is -0.294. The third-order valence-corrected chi connectivity index (χ3v) is 4.78. The van der Waals surface area contributed by atoms with Crippen LogP contribution in [-0.4, -0.2) is 35.1 Å². The Morgan fingerprint density at radius 1 is 1.24 bits per heavy atom. The number of nitrogens with zero attached hydrogens (tertiary/aromatic N) is 1. The first kappa shape index (κ1) is 11.4. The molecular weight excluding hydrogens is 214 g/mol. The highest BCUT2D eigenvalue weighted by atomic mass is 16.2. The molecule has 1 aliphatic carbocycles. The maximum Gasteiger partial charge on any atom is 0.146 e. The van der Waals surface area contributed by atoms with Gasteiger partial charge in [-0.05, 0) is 31.2 Å². The Kier molecular flexibility index (Phi) is 2.44. The summed E-state index contributed by atoms with van der Waals surface area (Å²) >= 11 is 0. The normalized spacial score (nSPS) is 41.2. The molecule has 0 aromatic heterocycles. The first-order valence-corrected chi connectivity index (χ1v) is 6.79. The van der Waals surface area contributed by atoms with E-state index >= 15 is 0 Å². The van der Waals surface area contributed by atoms with E-state index in [2.05, 4.69) is 18.7 Å². The minimum absolute atomic E-state index is 0.0724. The van der Waals surface area contributed by atoms with E-state index in [1.807, 2.05) is 0 Å². The predicted molar refractivity (Wildman–Crippen MR) is 64.7 cm³/mol. The van der Waals surface area contributed by atoms with E-state index in [1.54, 1.807) is 0 Å². The van der Waals surface area contributed by atoms with Gasteiger partial charge >= 0.3 is 0 Å². The molecule has 0 N–H and O–H groups in total. The number of rotatable bonds is 0. The number of piperidine rings is 1. The SMILES string of the molecule is CC1(C)CC(=O)C2C(=O)CC3CCCN3C2C1. The Bertz CT molecular complexity index is 374. The molecule has 0 amide bonds. The van der Waals surface area contributed by atoms with Gasteiger partial charge in [-0.1, -0.05) is 13.8 Å². The molecule has 3 heteroatoms. The van der Waals surface area contributed by atoms with E-state index in [4.69, 9.17) is 0 Å². The second kappa shape index (κ2) is 3.64. The van der Waals surface area contributed by atoms with E-state index < -0.39 is 0 Å². The molecule has 3 atom stereocenters. The fourth-order valence-electron chi connectivity index (χ4n) is 4.13. The fraction of sp³-hybridized carbons (Fsp3) is 0.857. The number of hydrogen-bond acceptors (Lipinski definition) is 3. The number of fused-ring (bicyclic) bond motifs is 3. The van der Waals surface area contributed by atoms with Gasteiger partial charge in [-0.25, -0.2) is 0 Å². The van der Waals surface area contributed by atoms with Crippen LogP contribution in [0.15, 0.2) is 0 Å². The Morgan fingerprint density at radius 3 is 2.76 bits per heavy atom. The molecule has 2 heterocycles. The molecule has 0 bridgehead atoms. The molecule has 0 aromatic rings. The first-order valence-electron chi connectivity index (χ1n) is 6.79. The van der Waals surface area contributed by atoms with Crippen molar-refractivity contribution in [3.05, 3.63) is 0 Å². The van der Waals surface area contributed by atoms with Gasteiger partial charge in [0.2, 0.25) is 0 Å². The first-order chi connectivity index (χ1) is 7.98. The summed E-state index contributed by atoms with van der Waals surface area (Å²) in [6.07, 6.45) is 4.54. The summed E-state index contributed by atoms with van der Waals surface area (Å²) in [5.41, 5.74) is 0.0724. The lowest BCUT2D eigenvalue weighted by molar-refractivity contribution is -0.146. The van der Waals surface area contributed by atoms with Crippen LogP contribution in [0.25, 0.3) is 0 Å². The van der Waals surface area contributed by atoms with Crippen molar-refractivity contribution in [1.82, 2.24) is 4.90 Å². The molecule has 0 radical (unpaired) electrons. The summed E-state index contributed by atoms with van der Waals surface area (Å²) in [6.45, 7) is 5.40. The van der Waals surface area contributed by atoms with Crippen LogP contribution in [0.1, 0.15) is 46.0 Å². The number of hydrogen-bond donors (Lipinski definition) is 0. The molecule has 0 aromatic carbocycles. The largest absolute Gasteiger partial charge is 0.299 e. The summed E-state index contributed by atoms with van der Waals surface area (Å²) in [4.78, 5) is 26.8. The van der Waals surface area contributed by atoms with Crippen LogP contribution in [0.4, 0.5) is 0 Å². The lowest BCUT2D eigenvalue weighted by atomic mass is 9.65.